The number of aryl methyl sites for hydroxylation is 2. The molecule has 0 bridgehead atoms. The van der Waals surface area contributed by atoms with Crippen molar-refractivity contribution in [2.75, 3.05) is 5.88 Å². The highest BCUT2D eigenvalue weighted by Crippen LogP contribution is 2.32. The second kappa shape index (κ2) is 7.31. The third-order valence-electron chi connectivity index (χ3n) is 4.61. The predicted molar refractivity (Wildman–Crippen MR) is 88.7 cm³/mol. The lowest BCUT2D eigenvalue weighted by atomic mass is 9.78. The van der Waals surface area contributed by atoms with Crippen molar-refractivity contribution in [2.24, 2.45) is 5.92 Å². The minimum atomic E-state index is -0.169. The van der Waals surface area contributed by atoms with E-state index in [1.165, 1.54) is 11.1 Å². The molecule has 1 aliphatic carbocycles. The highest BCUT2D eigenvalue weighted by atomic mass is 35.5. The minimum absolute atomic E-state index is 0.131. The van der Waals surface area contributed by atoms with E-state index in [-0.39, 0.29) is 11.4 Å². The summed E-state index contributed by atoms with van der Waals surface area (Å²) in [7, 11) is 0. The summed E-state index contributed by atoms with van der Waals surface area (Å²) in [5.74, 6) is 1.41. The molecule has 0 aliphatic heterocycles. The Morgan fingerprint density at radius 2 is 2.10 bits per heavy atom. The zero-order chi connectivity index (χ0) is 15.3. The zero-order valence-corrected chi connectivity index (χ0v) is 13.9. The number of benzene rings is 1. The summed E-state index contributed by atoms with van der Waals surface area (Å²) in [4.78, 5) is 12.2. The van der Waals surface area contributed by atoms with Crippen molar-refractivity contribution in [2.45, 2.75) is 57.9 Å². The lowest BCUT2D eigenvalue weighted by molar-refractivity contribution is -0.123. The number of rotatable bonds is 5. The molecule has 1 saturated carbocycles. The van der Waals surface area contributed by atoms with Crippen molar-refractivity contribution < 1.29 is 4.79 Å². The standard InChI is InChI=1S/C18H26ClNO/c1-14-8-10-18(13-19,11-9-14)20-17(21)7-6-16-5-3-4-15(2)12-16/h3-5,12,14H,6-11,13H2,1-2H3,(H,20,21). The highest BCUT2D eigenvalue weighted by Gasteiger charge is 2.34. The summed E-state index contributed by atoms with van der Waals surface area (Å²) in [5.41, 5.74) is 2.30. The third kappa shape index (κ3) is 4.74. The van der Waals surface area contributed by atoms with E-state index < -0.39 is 0 Å². The zero-order valence-electron chi connectivity index (χ0n) is 13.1. The maximum absolute atomic E-state index is 12.2. The van der Waals surface area contributed by atoms with Crippen molar-refractivity contribution in [3.63, 3.8) is 0 Å². The van der Waals surface area contributed by atoms with Crippen LogP contribution in [0.2, 0.25) is 0 Å². The van der Waals surface area contributed by atoms with Crippen LogP contribution in [0.1, 0.15) is 50.2 Å². The monoisotopic (exact) mass is 307 g/mol. The number of alkyl halides is 1. The van der Waals surface area contributed by atoms with Crippen molar-refractivity contribution in [1.82, 2.24) is 5.32 Å². The molecule has 0 saturated heterocycles. The largest absolute Gasteiger partial charge is 0.349 e. The van der Waals surface area contributed by atoms with Gasteiger partial charge >= 0.3 is 0 Å². The molecule has 0 atom stereocenters. The van der Waals surface area contributed by atoms with Crippen LogP contribution in [0.4, 0.5) is 0 Å². The molecule has 2 rings (SSSR count). The van der Waals surface area contributed by atoms with E-state index in [4.69, 9.17) is 11.6 Å². The van der Waals surface area contributed by atoms with Gasteiger partial charge in [0.2, 0.25) is 5.91 Å². The molecule has 2 nitrogen and oxygen atoms in total. The first kappa shape index (κ1) is 16.4. The van der Waals surface area contributed by atoms with Gasteiger partial charge in [-0.1, -0.05) is 36.8 Å². The summed E-state index contributed by atoms with van der Waals surface area (Å²) < 4.78 is 0. The number of carbonyl (C=O) groups is 1. The van der Waals surface area contributed by atoms with Crippen LogP contribution < -0.4 is 5.32 Å². The highest BCUT2D eigenvalue weighted by molar-refractivity contribution is 6.18. The van der Waals surface area contributed by atoms with Gasteiger partial charge in [0.05, 0.1) is 5.54 Å². The van der Waals surface area contributed by atoms with Crippen molar-refractivity contribution in [3.8, 4) is 0 Å². The first-order valence-electron chi connectivity index (χ1n) is 7.95. The van der Waals surface area contributed by atoms with E-state index in [9.17, 15) is 4.79 Å². The van der Waals surface area contributed by atoms with Crippen LogP contribution in [0, 0.1) is 12.8 Å². The summed E-state index contributed by atoms with van der Waals surface area (Å²) in [6.45, 7) is 4.35. The first-order chi connectivity index (χ1) is 10.0. The second-order valence-corrected chi connectivity index (χ2v) is 6.90. The normalized spacial score (nSPS) is 25.6. The van der Waals surface area contributed by atoms with Gasteiger partial charge in [0.25, 0.3) is 0 Å². The molecule has 1 aliphatic rings. The van der Waals surface area contributed by atoms with E-state index in [0.29, 0.717) is 12.3 Å². The number of amides is 1. The number of nitrogens with one attached hydrogen (secondary N) is 1. The Kier molecular flexibility index (Phi) is 5.69. The quantitative estimate of drug-likeness (QED) is 0.810. The molecule has 0 unspecified atom stereocenters. The molecular formula is C18H26ClNO. The number of carbonyl (C=O) groups excluding carboxylic acids is 1. The smallest absolute Gasteiger partial charge is 0.220 e. The van der Waals surface area contributed by atoms with Gasteiger partial charge in [0, 0.05) is 12.3 Å². The molecule has 1 amide bonds. The molecule has 1 aromatic rings. The van der Waals surface area contributed by atoms with E-state index in [1.54, 1.807) is 0 Å². The topological polar surface area (TPSA) is 29.1 Å². The Labute approximate surface area is 133 Å². The molecule has 0 aromatic heterocycles. The first-order valence-corrected chi connectivity index (χ1v) is 8.49. The molecule has 116 valence electrons. The van der Waals surface area contributed by atoms with Gasteiger partial charge in [-0.05, 0) is 50.5 Å². The molecule has 0 heterocycles. The predicted octanol–water partition coefficient (Wildman–Crippen LogP) is 4.23. The Hall–Kier alpha value is -1.02. The van der Waals surface area contributed by atoms with Gasteiger partial charge in [-0.2, -0.15) is 0 Å². The number of hydrogen-bond acceptors (Lipinski definition) is 1. The van der Waals surface area contributed by atoms with Crippen molar-refractivity contribution in [1.29, 1.82) is 0 Å². The fourth-order valence-electron chi connectivity index (χ4n) is 3.09. The van der Waals surface area contributed by atoms with E-state index in [1.807, 2.05) is 6.07 Å². The Balaban J connectivity index is 1.86. The molecular weight excluding hydrogens is 282 g/mol. The molecule has 1 fully saturated rings. The van der Waals surface area contributed by atoms with E-state index in [2.05, 4.69) is 37.4 Å². The van der Waals surface area contributed by atoms with Crippen LogP contribution >= 0.6 is 11.6 Å². The van der Waals surface area contributed by atoms with Crippen LogP contribution in [0.15, 0.2) is 24.3 Å². The van der Waals surface area contributed by atoms with Crippen LogP contribution in [-0.4, -0.2) is 17.3 Å². The van der Waals surface area contributed by atoms with Gasteiger partial charge < -0.3 is 5.32 Å². The summed E-state index contributed by atoms with van der Waals surface area (Å²) >= 11 is 6.15. The molecule has 0 spiro atoms. The molecule has 1 N–H and O–H groups in total. The number of halogens is 1. The van der Waals surface area contributed by atoms with E-state index >= 15 is 0 Å². The molecule has 0 radical (unpaired) electrons. The van der Waals surface area contributed by atoms with Gasteiger partial charge in [0.15, 0.2) is 0 Å². The SMILES string of the molecule is Cc1cccc(CCC(=O)NC2(CCl)CCC(C)CC2)c1. The maximum Gasteiger partial charge on any atom is 0.220 e. The second-order valence-electron chi connectivity index (χ2n) is 6.63. The third-order valence-corrected chi connectivity index (χ3v) is 5.13. The average molecular weight is 308 g/mol. The van der Waals surface area contributed by atoms with Crippen molar-refractivity contribution >= 4 is 17.5 Å². The van der Waals surface area contributed by atoms with Gasteiger partial charge in [-0.25, -0.2) is 0 Å². The lowest BCUT2D eigenvalue weighted by Gasteiger charge is -2.38. The lowest BCUT2D eigenvalue weighted by Crippen LogP contribution is -2.52. The molecule has 21 heavy (non-hydrogen) atoms. The average Bonchev–Trinajstić information content (AvgIpc) is 2.48. The van der Waals surface area contributed by atoms with E-state index in [0.717, 1.165) is 38.0 Å². The number of hydrogen-bond donors (Lipinski definition) is 1. The Bertz CT molecular complexity index is 478. The van der Waals surface area contributed by atoms with Gasteiger partial charge in [-0.15, -0.1) is 11.6 Å². The minimum Gasteiger partial charge on any atom is -0.349 e. The summed E-state index contributed by atoms with van der Waals surface area (Å²) in [6.07, 6.45) is 5.66. The van der Waals surface area contributed by atoms with Gasteiger partial charge in [-0.3, -0.25) is 4.79 Å². The molecule has 3 heteroatoms. The Morgan fingerprint density at radius 1 is 1.38 bits per heavy atom. The van der Waals surface area contributed by atoms with Crippen LogP contribution in [-0.2, 0) is 11.2 Å². The summed E-state index contributed by atoms with van der Waals surface area (Å²) in [5, 5.41) is 3.22. The van der Waals surface area contributed by atoms with Crippen LogP contribution in [0.3, 0.4) is 0 Å². The summed E-state index contributed by atoms with van der Waals surface area (Å²) in [6, 6.07) is 8.35. The van der Waals surface area contributed by atoms with Crippen LogP contribution in [0.25, 0.3) is 0 Å². The Morgan fingerprint density at radius 3 is 2.71 bits per heavy atom. The fourth-order valence-corrected chi connectivity index (χ4v) is 3.42. The van der Waals surface area contributed by atoms with Crippen LogP contribution in [0.5, 0.6) is 0 Å². The fraction of sp³-hybridized carbons (Fsp3) is 0.611. The van der Waals surface area contributed by atoms with Crippen molar-refractivity contribution in [3.05, 3.63) is 35.4 Å². The maximum atomic E-state index is 12.2. The molecule has 1 aromatic carbocycles. The van der Waals surface area contributed by atoms with Gasteiger partial charge in [0.1, 0.15) is 0 Å².